The molecule has 0 spiro atoms. The molecule has 1 aliphatic heterocycles. The highest BCUT2D eigenvalue weighted by Gasteiger charge is 2.34. The van der Waals surface area contributed by atoms with Crippen LogP contribution in [0, 0.1) is 0 Å². The van der Waals surface area contributed by atoms with Gasteiger partial charge < -0.3 is 14.7 Å². The summed E-state index contributed by atoms with van der Waals surface area (Å²) in [6, 6.07) is 2.48. The van der Waals surface area contributed by atoms with Crippen LogP contribution in [0.15, 0.2) is 10.6 Å². The van der Waals surface area contributed by atoms with Gasteiger partial charge in [-0.1, -0.05) is 31.8 Å². The molecule has 1 aliphatic carbocycles. The Kier molecular flexibility index (Phi) is 4.17. The normalized spacial score (nSPS) is 23.2. The van der Waals surface area contributed by atoms with Crippen molar-refractivity contribution in [3.63, 3.8) is 0 Å². The molecule has 0 bridgehead atoms. The summed E-state index contributed by atoms with van der Waals surface area (Å²) in [4.78, 5) is 14.4. The van der Waals surface area contributed by atoms with Gasteiger partial charge in [-0.15, -0.1) is 0 Å². The van der Waals surface area contributed by atoms with Crippen LogP contribution in [0.1, 0.15) is 75.8 Å². The molecule has 5 nitrogen and oxygen atoms in total. The van der Waals surface area contributed by atoms with Gasteiger partial charge in [-0.25, -0.2) is 4.79 Å². The zero-order valence-electron chi connectivity index (χ0n) is 13.0. The Labute approximate surface area is 126 Å². The molecule has 1 unspecified atom stereocenters. The van der Waals surface area contributed by atoms with Crippen molar-refractivity contribution in [1.82, 2.24) is 15.4 Å². The van der Waals surface area contributed by atoms with Crippen LogP contribution >= 0.6 is 0 Å². The largest absolute Gasteiger partial charge is 0.359 e. The number of hydrogen-bond donors (Lipinski definition) is 1. The molecule has 2 aliphatic rings. The number of carbonyl (C=O) groups is 1. The highest BCUT2D eigenvalue weighted by Crippen LogP contribution is 2.33. The Bertz CT molecular complexity index is 491. The highest BCUT2D eigenvalue weighted by atomic mass is 16.5. The van der Waals surface area contributed by atoms with Gasteiger partial charge in [0.25, 0.3) is 0 Å². The van der Waals surface area contributed by atoms with Crippen LogP contribution in [0.2, 0.25) is 0 Å². The summed E-state index contributed by atoms with van der Waals surface area (Å²) in [6.07, 6.45) is 6.68. The summed E-state index contributed by atoms with van der Waals surface area (Å²) in [6.45, 7) is 5.00. The van der Waals surface area contributed by atoms with Crippen LogP contribution in [0.25, 0.3) is 0 Å². The van der Waals surface area contributed by atoms with Crippen molar-refractivity contribution < 1.29 is 9.32 Å². The van der Waals surface area contributed by atoms with Gasteiger partial charge in [0, 0.05) is 18.7 Å². The molecule has 1 N–H and O–H groups in total. The molecule has 3 rings (SSSR count). The molecule has 0 radical (unpaired) electrons. The van der Waals surface area contributed by atoms with Crippen molar-refractivity contribution in [2.75, 3.05) is 6.54 Å². The number of amides is 2. The number of hydrogen-bond acceptors (Lipinski definition) is 3. The maximum absolute atomic E-state index is 12.5. The standard InChI is InChI=1S/C16H25N3O2/c1-11(2)13-10-15(21-18-13)14-8-5-9-19(14)16(20)17-12-6-3-4-7-12/h10-12,14H,3-9H2,1-2H3,(H,17,20). The molecule has 5 heteroatoms. The number of nitrogens with zero attached hydrogens (tertiary/aromatic N) is 2. The van der Waals surface area contributed by atoms with Crippen molar-refractivity contribution in [3.8, 4) is 0 Å². The maximum atomic E-state index is 12.5. The first-order chi connectivity index (χ1) is 10.1. The predicted molar refractivity (Wildman–Crippen MR) is 80.1 cm³/mol. The number of aromatic nitrogens is 1. The average molecular weight is 291 g/mol. The van der Waals surface area contributed by atoms with Crippen molar-refractivity contribution >= 4 is 6.03 Å². The second kappa shape index (κ2) is 6.08. The van der Waals surface area contributed by atoms with E-state index in [4.69, 9.17) is 4.52 Å². The Morgan fingerprint density at radius 2 is 2.10 bits per heavy atom. The lowest BCUT2D eigenvalue weighted by Gasteiger charge is -2.25. The fourth-order valence-corrected chi connectivity index (χ4v) is 3.37. The van der Waals surface area contributed by atoms with Gasteiger partial charge in [0.2, 0.25) is 0 Å². The second-order valence-electron chi connectivity index (χ2n) is 6.59. The lowest BCUT2D eigenvalue weighted by atomic mass is 10.1. The maximum Gasteiger partial charge on any atom is 0.318 e. The van der Waals surface area contributed by atoms with E-state index in [9.17, 15) is 4.79 Å². The molecular weight excluding hydrogens is 266 g/mol. The topological polar surface area (TPSA) is 58.4 Å². The van der Waals surface area contributed by atoms with E-state index in [1.807, 2.05) is 11.0 Å². The van der Waals surface area contributed by atoms with E-state index < -0.39 is 0 Å². The Morgan fingerprint density at radius 3 is 2.76 bits per heavy atom. The monoisotopic (exact) mass is 291 g/mol. The van der Waals surface area contributed by atoms with Gasteiger partial charge in [0.15, 0.2) is 5.76 Å². The minimum Gasteiger partial charge on any atom is -0.359 e. The lowest BCUT2D eigenvalue weighted by molar-refractivity contribution is 0.178. The molecule has 0 aromatic carbocycles. The molecule has 2 fully saturated rings. The van der Waals surface area contributed by atoms with Crippen LogP contribution < -0.4 is 5.32 Å². The van der Waals surface area contributed by atoms with E-state index in [2.05, 4.69) is 24.3 Å². The van der Waals surface area contributed by atoms with Crippen molar-refractivity contribution in [2.45, 2.75) is 70.4 Å². The molecule has 1 atom stereocenters. The van der Waals surface area contributed by atoms with Crippen molar-refractivity contribution in [2.24, 2.45) is 0 Å². The number of urea groups is 1. The predicted octanol–water partition coefficient (Wildman–Crippen LogP) is 3.59. The number of carbonyl (C=O) groups excluding carboxylic acids is 1. The van der Waals surface area contributed by atoms with Gasteiger partial charge >= 0.3 is 6.03 Å². The first kappa shape index (κ1) is 14.4. The summed E-state index contributed by atoms with van der Waals surface area (Å²) < 4.78 is 5.49. The van der Waals surface area contributed by atoms with E-state index in [0.29, 0.717) is 12.0 Å². The summed E-state index contributed by atoms with van der Waals surface area (Å²) in [5, 5.41) is 7.30. The van der Waals surface area contributed by atoms with Gasteiger partial charge in [0.1, 0.15) is 0 Å². The first-order valence-corrected chi connectivity index (χ1v) is 8.19. The second-order valence-corrected chi connectivity index (χ2v) is 6.59. The summed E-state index contributed by atoms with van der Waals surface area (Å²) in [7, 11) is 0. The number of nitrogens with one attached hydrogen (secondary N) is 1. The molecule has 2 amide bonds. The molecule has 1 saturated heterocycles. The Hall–Kier alpha value is -1.52. The number of likely N-dealkylation sites (tertiary alicyclic amines) is 1. The lowest BCUT2D eigenvalue weighted by Crippen LogP contribution is -2.43. The summed E-state index contributed by atoms with van der Waals surface area (Å²) >= 11 is 0. The zero-order valence-corrected chi connectivity index (χ0v) is 13.0. The van der Waals surface area contributed by atoms with Crippen molar-refractivity contribution in [1.29, 1.82) is 0 Å². The van der Waals surface area contributed by atoms with Crippen molar-refractivity contribution in [3.05, 3.63) is 17.5 Å². The van der Waals surface area contributed by atoms with Gasteiger partial charge in [-0.05, 0) is 31.6 Å². The average Bonchev–Trinajstić information content (AvgIpc) is 3.19. The molecular formula is C16H25N3O2. The number of rotatable bonds is 3. The summed E-state index contributed by atoms with van der Waals surface area (Å²) in [5.74, 6) is 1.18. The van der Waals surface area contributed by atoms with Crippen LogP contribution in [-0.4, -0.2) is 28.7 Å². The van der Waals surface area contributed by atoms with E-state index in [1.54, 1.807) is 0 Å². The van der Waals surface area contributed by atoms with Gasteiger partial charge in [-0.2, -0.15) is 0 Å². The quantitative estimate of drug-likeness (QED) is 0.926. The van der Waals surface area contributed by atoms with Crippen LogP contribution in [-0.2, 0) is 0 Å². The summed E-state index contributed by atoms with van der Waals surface area (Å²) in [5.41, 5.74) is 0.966. The van der Waals surface area contributed by atoms with E-state index >= 15 is 0 Å². The molecule has 1 saturated carbocycles. The molecule has 116 valence electrons. The van der Waals surface area contributed by atoms with Crippen LogP contribution in [0.3, 0.4) is 0 Å². The first-order valence-electron chi connectivity index (χ1n) is 8.19. The molecule has 1 aromatic rings. The minimum atomic E-state index is 0.0476. The van der Waals surface area contributed by atoms with Crippen LogP contribution in [0.5, 0.6) is 0 Å². The molecule has 21 heavy (non-hydrogen) atoms. The minimum absolute atomic E-state index is 0.0476. The van der Waals surface area contributed by atoms with E-state index in [0.717, 1.165) is 43.7 Å². The SMILES string of the molecule is CC(C)c1cc(C2CCCN2C(=O)NC2CCCC2)on1. The third-order valence-corrected chi connectivity index (χ3v) is 4.66. The highest BCUT2D eigenvalue weighted by molar-refractivity contribution is 5.75. The zero-order chi connectivity index (χ0) is 14.8. The Morgan fingerprint density at radius 1 is 1.33 bits per heavy atom. The van der Waals surface area contributed by atoms with E-state index in [-0.39, 0.29) is 12.1 Å². The van der Waals surface area contributed by atoms with Gasteiger partial charge in [0.05, 0.1) is 11.7 Å². The smallest absolute Gasteiger partial charge is 0.318 e. The molecule has 1 aromatic heterocycles. The molecule has 2 heterocycles. The fourth-order valence-electron chi connectivity index (χ4n) is 3.37. The third kappa shape index (κ3) is 3.06. The fraction of sp³-hybridized carbons (Fsp3) is 0.750. The van der Waals surface area contributed by atoms with Crippen LogP contribution in [0.4, 0.5) is 4.79 Å². The Balaban J connectivity index is 1.67. The van der Waals surface area contributed by atoms with Gasteiger partial charge in [-0.3, -0.25) is 0 Å². The van der Waals surface area contributed by atoms with E-state index in [1.165, 1.54) is 12.8 Å². The third-order valence-electron chi connectivity index (χ3n) is 4.66.